The largest absolute Gasteiger partial charge is 0.0654 e. The quantitative estimate of drug-likeness (QED) is 0.0442. The summed E-state index contributed by atoms with van der Waals surface area (Å²) in [6.45, 7) is 24.5. The molecule has 0 saturated heterocycles. The van der Waals surface area contributed by atoms with Gasteiger partial charge < -0.3 is 0 Å². The molecular weight excluding hydrogens is 783 g/mol. The number of benzene rings is 4. The van der Waals surface area contributed by atoms with Crippen molar-refractivity contribution in [1.82, 2.24) is 0 Å². The molecule has 0 aliphatic heterocycles. The van der Waals surface area contributed by atoms with E-state index in [1.54, 1.807) is 65.7 Å². The fourth-order valence-electron chi connectivity index (χ4n) is 9.93. The van der Waals surface area contributed by atoms with Crippen LogP contribution in [0.1, 0.15) is 216 Å². The lowest BCUT2D eigenvalue weighted by Gasteiger charge is -2.39. The average molecular weight is 875 g/mol. The summed E-state index contributed by atoms with van der Waals surface area (Å²) >= 11 is 0. The topological polar surface area (TPSA) is 0 Å². The van der Waals surface area contributed by atoms with Gasteiger partial charge in [0.2, 0.25) is 0 Å². The van der Waals surface area contributed by atoms with Crippen molar-refractivity contribution in [2.75, 3.05) is 0 Å². The molecule has 0 aliphatic carbocycles. The summed E-state index contributed by atoms with van der Waals surface area (Å²) < 4.78 is 0. The average Bonchev–Trinajstić information content (AvgIpc) is 3.29. The third-order valence-electron chi connectivity index (χ3n) is 13.9. The first-order valence-electron chi connectivity index (χ1n) is 26.4. The fraction of sp³-hybridized carbons (Fsp3) is 0.600. The molecule has 0 N–H and O–H groups in total. The zero-order chi connectivity index (χ0) is 44.7. The fourth-order valence-corrected chi connectivity index (χ4v) is 17.0. The number of hydrogen-bond donors (Lipinski definition) is 0. The maximum atomic E-state index is 2.75. The molecule has 0 bridgehead atoms. The number of hydrogen-bond acceptors (Lipinski definition) is 0. The van der Waals surface area contributed by atoms with Gasteiger partial charge in [0.15, 0.2) is 0 Å². The second-order valence-electron chi connectivity index (χ2n) is 18.7. The van der Waals surface area contributed by atoms with Crippen molar-refractivity contribution < 1.29 is 0 Å². The van der Waals surface area contributed by atoms with Crippen LogP contribution in [-0.4, -0.2) is 11.3 Å². The molecule has 0 amide bonds. The maximum absolute atomic E-state index is 2.75. The zero-order valence-corrected chi connectivity index (χ0v) is 43.7. The van der Waals surface area contributed by atoms with Gasteiger partial charge in [-0.3, -0.25) is 0 Å². The van der Waals surface area contributed by atoms with Gasteiger partial charge in [0.05, 0.1) is 0 Å². The molecule has 0 nitrogen and oxygen atoms in total. The molecule has 0 heterocycles. The molecule has 0 aliphatic rings. The summed E-state index contributed by atoms with van der Waals surface area (Å²) in [5.41, 5.74) is 14.4. The van der Waals surface area contributed by atoms with E-state index in [9.17, 15) is 0 Å². The molecule has 0 spiro atoms. The molecule has 0 fully saturated rings. The maximum Gasteiger partial charge on any atom is -0.00859 e. The Morgan fingerprint density at radius 1 is 0.290 bits per heavy atom. The van der Waals surface area contributed by atoms with Crippen LogP contribution < -0.4 is 21.2 Å². The van der Waals surface area contributed by atoms with Gasteiger partial charge in [-0.05, 0) is 196 Å². The van der Waals surface area contributed by atoms with E-state index in [-0.39, 0.29) is 0 Å². The second kappa shape index (κ2) is 29.3. The lowest BCUT2D eigenvalue weighted by Crippen LogP contribution is -2.36. The second-order valence-corrected chi connectivity index (χ2v) is 23.7. The van der Waals surface area contributed by atoms with E-state index in [0.717, 1.165) is 0 Å². The molecule has 2 atom stereocenters. The van der Waals surface area contributed by atoms with Crippen LogP contribution in [-0.2, 0) is 51.4 Å². The Morgan fingerprint density at radius 2 is 0.484 bits per heavy atom. The van der Waals surface area contributed by atoms with Crippen LogP contribution in [0.2, 0.25) is 0 Å². The Hall–Kier alpha value is -2.26. The van der Waals surface area contributed by atoms with Gasteiger partial charge in [0.1, 0.15) is 0 Å². The van der Waals surface area contributed by atoms with Gasteiger partial charge in [0, 0.05) is 0 Å². The van der Waals surface area contributed by atoms with Gasteiger partial charge in [-0.25, -0.2) is 0 Å². The molecule has 0 aromatic heterocycles. The van der Waals surface area contributed by atoms with Crippen molar-refractivity contribution in [2.24, 2.45) is 0 Å². The van der Waals surface area contributed by atoms with Crippen LogP contribution in [0.25, 0.3) is 0 Å². The monoisotopic (exact) mass is 875 g/mol. The van der Waals surface area contributed by atoms with Crippen molar-refractivity contribution in [1.29, 1.82) is 0 Å². The minimum atomic E-state index is -0.661. The third kappa shape index (κ3) is 14.4. The van der Waals surface area contributed by atoms with Crippen molar-refractivity contribution in [2.45, 2.75) is 235 Å². The van der Waals surface area contributed by atoms with Crippen LogP contribution in [0.5, 0.6) is 0 Å². The minimum Gasteiger partial charge on any atom is -0.0654 e. The molecule has 4 rings (SSSR count). The Bertz CT molecular complexity index is 1590. The highest BCUT2D eigenvalue weighted by Gasteiger charge is 2.37. The molecule has 2 unspecified atom stereocenters. The Labute approximate surface area is 387 Å². The third-order valence-corrected chi connectivity index (χ3v) is 20.4. The van der Waals surface area contributed by atoms with Crippen LogP contribution in [0.3, 0.4) is 0 Å². The lowest BCUT2D eigenvalue weighted by atomic mass is 9.97. The van der Waals surface area contributed by atoms with Gasteiger partial charge >= 0.3 is 0 Å². The number of unbranched alkanes of at least 4 members (excludes halogenated alkanes) is 8. The summed E-state index contributed by atoms with van der Waals surface area (Å²) in [7, 11) is -1.32. The van der Waals surface area contributed by atoms with Crippen molar-refractivity contribution in [3.63, 3.8) is 0 Å². The molecule has 0 saturated carbocycles. The zero-order valence-electron chi connectivity index (χ0n) is 41.9. The van der Waals surface area contributed by atoms with E-state index in [1.807, 2.05) is 0 Å². The van der Waals surface area contributed by atoms with Crippen LogP contribution >= 0.6 is 15.8 Å². The summed E-state index contributed by atoms with van der Waals surface area (Å²) in [4.78, 5) is 0. The molecule has 0 radical (unpaired) electrons. The highest BCUT2D eigenvalue weighted by Crippen LogP contribution is 2.54. The van der Waals surface area contributed by atoms with Gasteiger partial charge in [-0.15, -0.1) is 0 Å². The van der Waals surface area contributed by atoms with E-state index in [4.69, 9.17) is 0 Å². The van der Waals surface area contributed by atoms with Gasteiger partial charge in [-0.2, -0.15) is 0 Å². The molecular formula is C60H92P2. The SMILES string of the molecule is CCCCc1cccc(P(c2cccc(CCCC)c2CCCC)C(C)C(C)P(c2cccc(CCCC)c2CCCC)c2cccc(CCCC)c2CCCC)c1CCCC. The van der Waals surface area contributed by atoms with Crippen LogP contribution in [0.4, 0.5) is 0 Å². The summed E-state index contributed by atoms with van der Waals surface area (Å²) in [5.74, 6) is 0. The van der Waals surface area contributed by atoms with E-state index >= 15 is 0 Å². The van der Waals surface area contributed by atoms with Gasteiger partial charge in [0.25, 0.3) is 0 Å². The lowest BCUT2D eigenvalue weighted by molar-refractivity contribution is 0.759. The number of rotatable bonds is 31. The summed E-state index contributed by atoms with van der Waals surface area (Å²) in [6, 6.07) is 30.5. The first-order valence-corrected chi connectivity index (χ1v) is 29.2. The van der Waals surface area contributed by atoms with E-state index in [2.05, 4.69) is 142 Å². The Morgan fingerprint density at radius 3 is 0.677 bits per heavy atom. The van der Waals surface area contributed by atoms with Crippen LogP contribution in [0.15, 0.2) is 72.8 Å². The van der Waals surface area contributed by atoms with E-state index in [1.165, 1.54) is 154 Å². The predicted molar refractivity (Wildman–Crippen MR) is 286 cm³/mol. The molecule has 62 heavy (non-hydrogen) atoms. The summed E-state index contributed by atoms with van der Waals surface area (Å²) in [5, 5.41) is 6.86. The molecule has 2 heteroatoms. The van der Waals surface area contributed by atoms with Crippen LogP contribution in [0, 0.1) is 0 Å². The highest BCUT2D eigenvalue weighted by molar-refractivity contribution is 7.77. The van der Waals surface area contributed by atoms with Gasteiger partial charge in [-0.1, -0.05) is 193 Å². The van der Waals surface area contributed by atoms with Crippen molar-refractivity contribution in [3.8, 4) is 0 Å². The highest BCUT2D eigenvalue weighted by atomic mass is 31.1. The first kappa shape index (κ1) is 52.4. The Kier molecular flexibility index (Phi) is 24.8. The molecule has 342 valence electrons. The summed E-state index contributed by atoms with van der Waals surface area (Å²) in [6.07, 6.45) is 29.8. The normalized spacial score (nSPS) is 12.8. The molecule has 4 aromatic rings. The first-order chi connectivity index (χ1) is 30.3. The Balaban J connectivity index is 2.14. The van der Waals surface area contributed by atoms with Crippen molar-refractivity contribution >= 4 is 37.1 Å². The minimum absolute atomic E-state index is 0.511. The van der Waals surface area contributed by atoms with E-state index in [0.29, 0.717) is 11.3 Å². The van der Waals surface area contributed by atoms with Crippen molar-refractivity contribution in [3.05, 3.63) is 117 Å². The smallest absolute Gasteiger partial charge is 0.00859 e. The standard InChI is InChI=1S/C60H92P2/c1-11-19-31-49-35-27-43-57(53(49)39-23-15-5)61(58-44-28-36-50(32-20-12-2)54(58)40-24-16-6)47(9)48(10)62(59-45-29-37-51(33-21-13-3)55(59)41-25-17-7)60-46-30-38-52(34-22-14-4)56(60)42-26-18-8/h27-30,35-38,43-48H,11-26,31-34,39-42H2,1-10H3. The van der Waals surface area contributed by atoms with E-state index < -0.39 is 15.8 Å². The predicted octanol–water partition coefficient (Wildman–Crippen LogP) is 16.8. The molecule has 4 aromatic carbocycles. The number of aryl methyl sites for hydroxylation is 4.